The zero-order chi connectivity index (χ0) is 12.6. The van der Waals surface area contributed by atoms with Crippen LogP contribution in [0, 0.1) is 11.3 Å². The van der Waals surface area contributed by atoms with Crippen molar-refractivity contribution in [2.45, 2.75) is 77.6 Å². The first kappa shape index (κ1) is 12.4. The van der Waals surface area contributed by atoms with E-state index in [1.807, 2.05) is 0 Å². The summed E-state index contributed by atoms with van der Waals surface area (Å²) in [6.45, 7) is 2.36. The standard InChI is InChI=1S/C17H26O/c1-13-15-8-5-3-2-4-7-14(15)10-12-17(13)11-6-9-16(17)18/h13H,2-12H2,1H3/t13-,17+/m0/s1. The molecule has 0 amide bonds. The predicted octanol–water partition coefficient (Wildman–Crippen LogP) is 4.81. The molecule has 0 saturated heterocycles. The molecule has 3 rings (SSSR count). The molecule has 3 aliphatic rings. The Balaban J connectivity index is 1.91. The minimum Gasteiger partial charge on any atom is -0.299 e. The Labute approximate surface area is 111 Å². The van der Waals surface area contributed by atoms with Crippen LogP contribution in [-0.4, -0.2) is 5.78 Å². The summed E-state index contributed by atoms with van der Waals surface area (Å²) in [7, 11) is 0. The molecule has 3 aliphatic carbocycles. The third-order valence-corrected chi connectivity index (χ3v) is 5.94. The first-order valence-electron chi connectivity index (χ1n) is 7.98. The number of hydrogen-bond donors (Lipinski definition) is 0. The number of carbonyl (C=O) groups is 1. The Morgan fingerprint density at radius 3 is 2.39 bits per heavy atom. The smallest absolute Gasteiger partial charge is 0.139 e. The molecule has 0 aromatic carbocycles. The van der Waals surface area contributed by atoms with Gasteiger partial charge < -0.3 is 0 Å². The lowest BCUT2D eigenvalue weighted by atomic mass is 9.61. The highest BCUT2D eigenvalue weighted by Crippen LogP contribution is 2.53. The summed E-state index contributed by atoms with van der Waals surface area (Å²) >= 11 is 0. The van der Waals surface area contributed by atoms with Crippen molar-refractivity contribution in [2.24, 2.45) is 11.3 Å². The van der Waals surface area contributed by atoms with Crippen molar-refractivity contribution in [3.63, 3.8) is 0 Å². The highest BCUT2D eigenvalue weighted by Gasteiger charge is 2.49. The van der Waals surface area contributed by atoms with E-state index in [0.717, 1.165) is 19.3 Å². The zero-order valence-electron chi connectivity index (χ0n) is 11.8. The van der Waals surface area contributed by atoms with Crippen molar-refractivity contribution in [1.29, 1.82) is 0 Å². The quantitative estimate of drug-likeness (QED) is 0.561. The Hall–Kier alpha value is -0.590. The number of rotatable bonds is 0. The molecule has 0 bridgehead atoms. The SMILES string of the molecule is C[C@H]1C2=C(CCCCCC2)CC[C@]12CCCC2=O. The fourth-order valence-corrected chi connectivity index (χ4v) is 4.75. The topological polar surface area (TPSA) is 17.1 Å². The monoisotopic (exact) mass is 246 g/mol. The molecule has 18 heavy (non-hydrogen) atoms. The van der Waals surface area contributed by atoms with Gasteiger partial charge in [0.1, 0.15) is 5.78 Å². The van der Waals surface area contributed by atoms with Crippen molar-refractivity contribution in [2.75, 3.05) is 0 Å². The van der Waals surface area contributed by atoms with Crippen LogP contribution < -0.4 is 0 Å². The van der Waals surface area contributed by atoms with Crippen molar-refractivity contribution in [1.82, 2.24) is 0 Å². The Bertz CT molecular complexity index is 379. The molecule has 0 aromatic heterocycles. The summed E-state index contributed by atoms with van der Waals surface area (Å²) in [5.74, 6) is 1.14. The van der Waals surface area contributed by atoms with E-state index >= 15 is 0 Å². The lowest BCUT2D eigenvalue weighted by molar-refractivity contribution is -0.128. The molecule has 0 heterocycles. The van der Waals surface area contributed by atoms with Gasteiger partial charge in [0.2, 0.25) is 0 Å². The van der Waals surface area contributed by atoms with Gasteiger partial charge in [-0.3, -0.25) is 4.79 Å². The lowest BCUT2D eigenvalue weighted by Crippen LogP contribution is -2.37. The van der Waals surface area contributed by atoms with Gasteiger partial charge >= 0.3 is 0 Å². The van der Waals surface area contributed by atoms with E-state index in [-0.39, 0.29) is 5.41 Å². The third-order valence-electron chi connectivity index (χ3n) is 5.94. The molecule has 1 nitrogen and oxygen atoms in total. The second-order valence-corrected chi connectivity index (χ2v) is 6.70. The molecule has 1 spiro atoms. The predicted molar refractivity (Wildman–Crippen MR) is 74.4 cm³/mol. The summed E-state index contributed by atoms with van der Waals surface area (Å²) in [6, 6.07) is 0. The van der Waals surface area contributed by atoms with E-state index in [2.05, 4.69) is 6.92 Å². The number of ketones is 1. The van der Waals surface area contributed by atoms with Gasteiger partial charge in [-0.2, -0.15) is 0 Å². The normalized spacial score (nSPS) is 37.6. The average Bonchev–Trinajstić information content (AvgIpc) is 2.68. The van der Waals surface area contributed by atoms with Gasteiger partial charge in [-0.1, -0.05) is 30.9 Å². The summed E-state index contributed by atoms with van der Waals surface area (Å²) < 4.78 is 0. The zero-order valence-corrected chi connectivity index (χ0v) is 11.8. The van der Waals surface area contributed by atoms with Gasteiger partial charge in [0.15, 0.2) is 0 Å². The third kappa shape index (κ3) is 1.87. The molecule has 0 unspecified atom stereocenters. The van der Waals surface area contributed by atoms with Gasteiger partial charge in [-0.05, 0) is 57.3 Å². The maximum atomic E-state index is 12.4. The summed E-state index contributed by atoms with van der Waals surface area (Å²) in [4.78, 5) is 12.4. The van der Waals surface area contributed by atoms with Gasteiger partial charge in [0.25, 0.3) is 0 Å². The number of Topliss-reactive ketones (excluding diaryl/α,β-unsaturated/α-hetero) is 1. The highest BCUT2D eigenvalue weighted by molar-refractivity contribution is 5.87. The summed E-state index contributed by atoms with van der Waals surface area (Å²) in [5.41, 5.74) is 3.52. The van der Waals surface area contributed by atoms with Gasteiger partial charge in [0.05, 0.1) is 0 Å². The lowest BCUT2D eigenvalue weighted by Gasteiger charge is -2.42. The second kappa shape index (κ2) is 4.83. The first-order valence-corrected chi connectivity index (χ1v) is 7.98. The largest absolute Gasteiger partial charge is 0.299 e. The molecule has 100 valence electrons. The molecular weight excluding hydrogens is 220 g/mol. The van der Waals surface area contributed by atoms with Crippen LogP contribution >= 0.6 is 0 Å². The van der Waals surface area contributed by atoms with Crippen LogP contribution in [0.15, 0.2) is 11.1 Å². The van der Waals surface area contributed by atoms with Crippen LogP contribution in [0.1, 0.15) is 77.6 Å². The van der Waals surface area contributed by atoms with Crippen LogP contribution in [0.3, 0.4) is 0 Å². The number of allylic oxidation sites excluding steroid dienone is 2. The van der Waals surface area contributed by atoms with E-state index in [1.165, 1.54) is 51.4 Å². The minimum absolute atomic E-state index is 0.0675. The van der Waals surface area contributed by atoms with Crippen molar-refractivity contribution < 1.29 is 4.79 Å². The molecule has 1 fully saturated rings. The van der Waals surface area contributed by atoms with E-state index < -0.39 is 0 Å². The Morgan fingerprint density at radius 1 is 0.889 bits per heavy atom. The average molecular weight is 246 g/mol. The van der Waals surface area contributed by atoms with Gasteiger partial charge in [0, 0.05) is 11.8 Å². The van der Waals surface area contributed by atoms with Crippen molar-refractivity contribution in [3.8, 4) is 0 Å². The van der Waals surface area contributed by atoms with E-state index in [0.29, 0.717) is 11.7 Å². The van der Waals surface area contributed by atoms with Crippen LogP contribution in [0.4, 0.5) is 0 Å². The fourth-order valence-electron chi connectivity index (χ4n) is 4.75. The Morgan fingerprint density at radius 2 is 1.67 bits per heavy atom. The minimum atomic E-state index is 0.0675. The van der Waals surface area contributed by atoms with Crippen molar-refractivity contribution in [3.05, 3.63) is 11.1 Å². The number of carbonyl (C=O) groups excluding carboxylic acids is 1. The number of hydrogen-bond acceptors (Lipinski definition) is 1. The first-order chi connectivity index (χ1) is 8.74. The highest BCUT2D eigenvalue weighted by atomic mass is 16.1. The Kier molecular flexibility index (Phi) is 3.34. The van der Waals surface area contributed by atoms with Gasteiger partial charge in [-0.25, -0.2) is 0 Å². The molecule has 1 heteroatoms. The van der Waals surface area contributed by atoms with Crippen LogP contribution in [0.5, 0.6) is 0 Å². The van der Waals surface area contributed by atoms with E-state index in [9.17, 15) is 4.79 Å². The molecule has 0 aliphatic heterocycles. The summed E-state index contributed by atoms with van der Waals surface area (Å²) in [6.07, 6.45) is 13.7. The fraction of sp³-hybridized carbons (Fsp3) is 0.824. The van der Waals surface area contributed by atoms with E-state index in [1.54, 1.807) is 11.1 Å². The van der Waals surface area contributed by atoms with Gasteiger partial charge in [-0.15, -0.1) is 0 Å². The molecule has 0 radical (unpaired) electrons. The van der Waals surface area contributed by atoms with Crippen LogP contribution in [0.25, 0.3) is 0 Å². The molecule has 0 aromatic rings. The molecular formula is C17H26O. The van der Waals surface area contributed by atoms with Crippen molar-refractivity contribution >= 4 is 5.78 Å². The molecule has 1 saturated carbocycles. The maximum absolute atomic E-state index is 12.4. The van der Waals surface area contributed by atoms with Crippen LogP contribution in [0.2, 0.25) is 0 Å². The molecule has 2 atom stereocenters. The molecule has 0 N–H and O–H groups in total. The summed E-state index contributed by atoms with van der Waals surface area (Å²) in [5, 5.41) is 0. The van der Waals surface area contributed by atoms with E-state index in [4.69, 9.17) is 0 Å². The van der Waals surface area contributed by atoms with Crippen LogP contribution in [-0.2, 0) is 4.79 Å². The second-order valence-electron chi connectivity index (χ2n) is 6.70. The maximum Gasteiger partial charge on any atom is 0.139 e.